The van der Waals surface area contributed by atoms with Crippen LogP contribution in [-0.2, 0) is 11.0 Å². The monoisotopic (exact) mass is 297 g/mol. The first kappa shape index (κ1) is 15.3. The van der Waals surface area contributed by atoms with Gasteiger partial charge < -0.3 is 10.6 Å². The van der Waals surface area contributed by atoms with Gasteiger partial charge in [0.1, 0.15) is 6.07 Å². The van der Waals surface area contributed by atoms with Crippen molar-refractivity contribution in [3.63, 3.8) is 0 Å². The van der Waals surface area contributed by atoms with Gasteiger partial charge in [0, 0.05) is 5.92 Å². The Balaban J connectivity index is 2.16. The molecular formula is C14H14F3N3O. The molecule has 1 aliphatic rings. The molecule has 1 unspecified atom stereocenters. The van der Waals surface area contributed by atoms with Crippen LogP contribution in [0.25, 0.3) is 0 Å². The lowest BCUT2D eigenvalue weighted by atomic mass is 9.88. The van der Waals surface area contributed by atoms with Gasteiger partial charge in [-0.05, 0) is 37.2 Å². The summed E-state index contributed by atoms with van der Waals surface area (Å²) in [4.78, 5) is 12.0. The van der Waals surface area contributed by atoms with Crippen molar-refractivity contribution in [2.24, 2.45) is 11.8 Å². The van der Waals surface area contributed by atoms with E-state index in [0.29, 0.717) is 0 Å². The van der Waals surface area contributed by atoms with E-state index in [1.54, 1.807) is 13.0 Å². The van der Waals surface area contributed by atoms with Crippen LogP contribution in [0.3, 0.4) is 0 Å². The predicted molar refractivity (Wildman–Crippen MR) is 70.3 cm³/mol. The summed E-state index contributed by atoms with van der Waals surface area (Å²) in [5, 5.41) is 14.5. The summed E-state index contributed by atoms with van der Waals surface area (Å²) in [6.45, 7) is 3.25. The Bertz CT molecular complexity index is 588. The summed E-state index contributed by atoms with van der Waals surface area (Å²) >= 11 is 0. The highest BCUT2D eigenvalue weighted by atomic mass is 19.4. The van der Waals surface area contributed by atoms with Crippen LogP contribution in [0.5, 0.6) is 0 Å². The fourth-order valence-corrected chi connectivity index (χ4v) is 2.05. The van der Waals surface area contributed by atoms with Crippen LogP contribution in [0, 0.1) is 23.2 Å². The van der Waals surface area contributed by atoms with Crippen LogP contribution in [0.15, 0.2) is 18.2 Å². The Kier molecular flexibility index (Phi) is 4.19. The number of carbonyl (C=O) groups is 1. The van der Waals surface area contributed by atoms with Crippen LogP contribution in [0.1, 0.15) is 18.1 Å². The van der Waals surface area contributed by atoms with Crippen LogP contribution in [-0.4, -0.2) is 19.0 Å². The van der Waals surface area contributed by atoms with Crippen LogP contribution in [0.4, 0.5) is 18.9 Å². The molecule has 1 amide bonds. The van der Waals surface area contributed by atoms with Crippen LogP contribution >= 0.6 is 0 Å². The highest BCUT2D eigenvalue weighted by Crippen LogP contribution is 2.32. The number of nitriles is 1. The van der Waals surface area contributed by atoms with Crippen LogP contribution in [0.2, 0.25) is 0 Å². The highest BCUT2D eigenvalue weighted by molar-refractivity contribution is 5.93. The molecule has 2 rings (SSSR count). The Hall–Kier alpha value is -2.07. The van der Waals surface area contributed by atoms with Crippen molar-refractivity contribution in [1.82, 2.24) is 5.32 Å². The van der Waals surface area contributed by atoms with Crippen molar-refractivity contribution in [3.05, 3.63) is 29.3 Å². The summed E-state index contributed by atoms with van der Waals surface area (Å²) in [7, 11) is 0. The third kappa shape index (κ3) is 3.34. The average Bonchev–Trinajstić information content (AvgIpc) is 2.35. The molecule has 1 fully saturated rings. The Morgan fingerprint density at radius 3 is 2.62 bits per heavy atom. The smallest absolute Gasteiger partial charge is 0.325 e. The summed E-state index contributed by atoms with van der Waals surface area (Å²) < 4.78 is 37.7. The van der Waals surface area contributed by atoms with Gasteiger partial charge in [-0.1, -0.05) is 6.92 Å². The molecule has 0 saturated carbocycles. The lowest BCUT2D eigenvalue weighted by molar-refractivity contribution is -0.137. The normalized spacial score (nSPS) is 16.7. The van der Waals surface area contributed by atoms with Crippen molar-refractivity contribution in [2.45, 2.75) is 13.1 Å². The number of alkyl halides is 3. The second kappa shape index (κ2) is 5.74. The van der Waals surface area contributed by atoms with Crippen molar-refractivity contribution < 1.29 is 18.0 Å². The summed E-state index contributed by atoms with van der Waals surface area (Å²) in [6.07, 6.45) is -4.51. The molecule has 0 spiro atoms. The minimum atomic E-state index is -4.51. The maximum Gasteiger partial charge on any atom is 0.416 e. The molecule has 1 aromatic rings. The Morgan fingerprint density at radius 1 is 1.48 bits per heavy atom. The van der Waals surface area contributed by atoms with Gasteiger partial charge in [-0.3, -0.25) is 4.79 Å². The zero-order chi connectivity index (χ0) is 15.6. The van der Waals surface area contributed by atoms with Gasteiger partial charge in [-0.2, -0.15) is 18.4 Å². The Morgan fingerprint density at radius 2 is 2.14 bits per heavy atom. The molecule has 4 nitrogen and oxygen atoms in total. The molecule has 2 N–H and O–H groups in total. The van der Waals surface area contributed by atoms with Gasteiger partial charge in [0.05, 0.1) is 16.8 Å². The SMILES string of the molecule is CC(C(=O)Nc1ccc(C(F)(F)F)cc1C#N)C1CNC1. The van der Waals surface area contributed by atoms with E-state index in [-0.39, 0.29) is 29.0 Å². The molecular weight excluding hydrogens is 283 g/mol. The van der Waals surface area contributed by atoms with Crippen molar-refractivity contribution in [3.8, 4) is 6.07 Å². The first-order chi connectivity index (χ1) is 9.82. The van der Waals surface area contributed by atoms with Gasteiger partial charge >= 0.3 is 6.18 Å². The zero-order valence-corrected chi connectivity index (χ0v) is 11.3. The van der Waals surface area contributed by atoms with Crippen molar-refractivity contribution in [2.75, 3.05) is 18.4 Å². The molecule has 0 radical (unpaired) electrons. The van der Waals surface area contributed by atoms with E-state index in [2.05, 4.69) is 10.6 Å². The van der Waals surface area contributed by atoms with E-state index < -0.39 is 11.7 Å². The molecule has 0 bridgehead atoms. The minimum Gasteiger partial charge on any atom is -0.325 e. The molecule has 1 aromatic carbocycles. The number of benzene rings is 1. The lowest BCUT2D eigenvalue weighted by Crippen LogP contribution is -2.48. The number of halogens is 3. The molecule has 1 saturated heterocycles. The van der Waals surface area contributed by atoms with Gasteiger partial charge in [-0.15, -0.1) is 0 Å². The minimum absolute atomic E-state index is 0.106. The van der Waals surface area contributed by atoms with Gasteiger partial charge in [0.25, 0.3) is 0 Å². The zero-order valence-electron chi connectivity index (χ0n) is 11.3. The molecule has 21 heavy (non-hydrogen) atoms. The maximum atomic E-state index is 12.6. The number of rotatable bonds is 3. The summed E-state index contributed by atoms with van der Waals surface area (Å²) in [6, 6.07) is 4.39. The number of nitrogens with one attached hydrogen (secondary N) is 2. The highest BCUT2D eigenvalue weighted by Gasteiger charge is 2.32. The molecule has 7 heteroatoms. The number of anilines is 1. The molecule has 0 aromatic heterocycles. The third-order valence-corrected chi connectivity index (χ3v) is 3.66. The van der Waals surface area contributed by atoms with E-state index in [1.165, 1.54) is 0 Å². The van der Waals surface area contributed by atoms with Crippen molar-refractivity contribution in [1.29, 1.82) is 5.26 Å². The number of nitrogens with zero attached hydrogens (tertiary/aromatic N) is 1. The van der Waals surface area contributed by atoms with Gasteiger partial charge in [0.15, 0.2) is 0 Å². The van der Waals surface area contributed by atoms with Crippen LogP contribution < -0.4 is 10.6 Å². The average molecular weight is 297 g/mol. The van der Waals surface area contributed by atoms with E-state index in [0.717, 1.165) is 31.3 Å². The topological polar surface area (TPSA) is 64.9 Å². The maximum absolute atomic E-state index is 12.6. The number of carbonyl (C=O) groups excluding carboxylic acids is 1. The Labute approximate surface area is 119 Å². The second-order valence-electron chi connectivity index (χ2n) is 5.07. The van der Waals surface area contributed by atoms with E-state index in [4.69, 9.17) is 5.26 Å². The molecule has 1 atom stereocenters. The fourth-order valence-electron chi connectivity index (χ4n) is 2.05. The molecule has 0 aliphatic carbocycles. The molecule has 1 aliphatic heterocycles. The quantitative estimate of drug-likeness (QED) is 0.900. The largest absolute Gasteiger partial charge is 0.416 e. The van der Waals surface area contributed by atoms with E-state index in [1.807, 2.05) is 0 Å². The van der Waals surface area contributed by atoms with E-state index in [9.17, 15) is 18.0 Å². The first-order valence-electron chi connectivity index (χ1n) is 6.46. The first-order valence-corrected chi connectivity index (χ1v) is 6.46. The summed E-state index contributed by atoms with van der Waals surface area (Å²) in [5.41, 5.74) is -1.000. The van der Waals surface area contributed by atoms with Gasteiger partial charge in [0.2, 0.25) is 5.91 Å². The molecule has 112 valence electrons. The fraction of sp³-hybridized carbons (Fsp3) is 0.429. The molecule has 1 heterocycles. The summed E-state index contributed by atoms with van der Waals surface area (Å²) in [5.74, 6) is -0.345. The predicted octanol–water partition coefficient (Wildman–Crippen LogP) is 2.37. The number of hydrogen-bond donors (Lipinski definition) is 2. The standard InChI is InChI=1S/C14H14F3N3O/c1-8(10-6-19-7-10)13(21)20-12-3-2-11(14(15,16)17)4-9(12)5-18/h2-4,8,10,19H,6-7H2,1H3,(H,20,21). The number of hydrogen-bond acceptors (Lipinski definition) is 3. The number of amides is 1. The van der Waals surface area contributed by atoms with E-state index >= 15 is 0 Å². The van der Waals surface area contributed by atoms with Crippen molar-refractivity contribution >= 4 is 11.6 Å². The second-order valence-corrected chi connectivity index (χ2v) is 5.07. The van der Waals surface area contributed by atoms with Gasteiger partial charge in [-0.25, -0.2) is 0 Å². The lowest BCUT2D eigenvalue weighted by Gasteiger charge is -2.31. The third-order valence-electron chi connectivity index (χ3n) is 3.66.